The fraction of sp³-hybridized carbons (Fsp3) is 0.261. The first-order chi connectivity index (χ1) is 16.3. The minimum atomic E-state index is -0.647. The summed E-state index contributed by atoms with van der Waals surface area (Å²) in [5.41, 5.74) is 2.17. The molecule has 0 saturated carbocycles. The second kappa shape index (κ2) is 8.53. The van der Waals surface area contributed by atoms with Gasteiger partial charge in [0.25, 0.3) is 5.56 Å². The van der Waals surface area contributed by atoms with Crippen LogP contribution in [0.5, 0.6) is 0 Å². The number of carbonyl (C=O) groups excluding carboxylic acids is 2. The smallest absolute Gasteiger partial charge is 0.313 e. The third-order valence-electron chi connectivity index (χ3n) is 6.11. The maximum atomic E-state index is 15.0. The number of halogens is 2. The lowest BCUT2D eigenvalue weighted by Gasteiger charge is -2.35. The van der Waals surface area contributed by atoms with Gasteiger partial charge in [-0.15, -0.1) is 0 Å². The molecule has 5 rings (SSSR count). The number of hydrogen-bond acceptors (Lipinski definition) is 5. The van der Waals surface area contributed by atoms with E-state index in [-0.39, 0.29) is 34.3 Å². The number of aromatic nitrogens is 3. The Labute approximate surface area is 198 Å². The Kier molecular flexibility index (Phi) is 5.52. The molecule has 11 heteroatoms. The van der Waals surface area contributed by atoms with E-state index in [0.29, 0.717) is 35.5 Å². The Hall–Kier alpha value is -3.79. The molecule has 174 valence electrons. The van der Waals surface area contributed by atoms with E-state index in [9.17, 15) is 18.8 Å². The molecule has 3 aromatic rings. The van der Waals surface area contributed by atoms with Crippen LogP contribution >= 0.6 is 11.6 Å². The van der Waals surface area contributed by atoms with Crippen LogP contribution in [0.4, 0.5) is 20.7 Å². The van der Waals surface area contributed by atoms with Crippen LogP contribution in [0.15, 0.2) is 41.3 Å². The average molecular weight is 483 g/mol. The van der Waals surface area contributed by atoms with Crippen molar-refractivity contribution in [3.63, 3.8) is 0 Å². The Morgan fingerprint density at radius 3 is 2.76 bits per heavy atom. The van der Waals surface area contributed by atoms with Crippen molar-refractivity contribution < 1.29 is 14.0 Å². The molecule has 1 aromatic carbocycles. The van der Waals surface area contributed by atoms with Gasteiger partial charge in [0.05, 0.1) is 22.4 Å². The number of hydrogen-bond donors (Lipinski definition) is 3. The van der Waals surface area contributed by atoms with Crippen LogP contribution in [0.3, 0.4) is 0 Å². The van der Waals surface area contributed by atoms with Crippen molar-refractivity contribution in [3.8, 4) is 11.1 Å². The van der Waals surface area contributed by atoms with Crippen LogP contribution in [0.1, 0.15) is 37.1 Å². The van der Waals surface area contributed by atoms with Gasteiger partial charge in [0, 0.05) is 36.4 Å². The molecule has 0 unspecified atom stereocenters. The van der Waals surface area contributed by atoms with Gasteiger partial charge in [-0.2, -0.15) is 5.10 Å². The fourth-order valence-electron chi connectivity index (χ4n) is 4.67. The number of nitrogens with one attached hydrogen (secondary N) is 3. The molecule has 0 aliphatic carbocycles. The summed E-state index contributed by atoms with van der Waals surface area (Å²) in [6.45, 7) is 1.38. The van der Waals surface area contributed by atoms with E-state index in [1.54, 1.807) is 17.0 Å². The van der Waals surface area contributed by atoms with E-state index in [2.05, 4.69) is 25.8 Å². The van der Waals surface area contributed by atoms with Crippen LogP contribution in [-0.4, -0.2) is 38.1 Å². The third kappa shape index (κ3) is 4.01. The molecule has 2 aromatic heterocycles. The maximum absolute atomic E-state index is 15.0. The maximum Gasteiger partial charge on any atom is 0.322 e. The summed E-state index contributed by atoms with van der Waals surface area (Å²) in [4.78, 5) is 41.7. The molecule has 2 aliphatic heterocycles. The number of benzene rings is 1. The number of anilines is 2. The molecule has 2 aliphatic rings. The number of fused-ring (bicyclic) bond motifs is 4. The van der Waals surface area contributed by atoms with Crippen molar-refractivity contribution in [2.75, 3.05) is 10.6 Å². The molecule has 0 spiro atoms. The summed E-state index contributed by atoms with van der Waals surface area (Å²) in [6.07, 6.45) is 3.49. The Bertz CT molecular complexity index is 1360. The normalized spacial score (nSPS) is 18.4. The van der Waals surface area contributed by atoms with Gasteiger partial charge in [-0.25, -0.2) is 19.3 Å². The number of pyridine rings is 1. The van der Waals surface area contributed by atoms with E-state index < -0.39 is 11.8 Å². The van der Waals surface area contributed by atoms with Gasteiger partial charge in [0.1, 0.15) is 11.6 Å². The molecule has 3 N–H and O–H groups in total. The van der Waals surface area contributed by atoms with Crippen molar-refractivity contribution in [2.24, 2.45) is 0 Å². The third-order valence-corrected chi connectivity index (χ3v) is 6.42. The van der Waals surface area contributed by atoms with Crippen LogP contribution in [0.25, 0.3) is 11.1 Å². The summed E-state index contributed by atoms with van der Waals surface area (Å²) in [5, 5.41) is 12.0. The Morgan fingerprint density at radius 2 is 2.03 bits per heavy atom. The van der Waals surface area contributed by atoms with Crippen LogP contribution in [0, 0.1) is 5.82 Å². The van der Waals surface area contributed by atoms with Gasteiger partial charge in [0.15, 0.2) is 0 Å². The minimum absolute atomic E-state index is 0.0406. The lowest BCUT2D eigenvalue weighted by molar-refractivity contribution is -0.114. The van der Waals surface area contributed by atoms with Crippen LogP contribution in [-0.2, 0) is 11.2 Å². The highest BCUT2D eigenvalue weighted by Crippen LogP contribution is 2.42. The average Bonchev–Trinajstić information content (AvgIpc) is 3.11. The lowest BCUT2D eigenvalue weighted by Crippen LogP contribution is -2.45. The summed E-state index contributed by atoms with van der Waals surface area (Å²) >= 11 is 6.41. The first-order valence-electron chi connectivity index (χ1n) is 10.7. The van der Waals surface area contributed by atoms with Crippen LogP contribution in [0.2, 0.25) is 5.02 Å². The van der Waals surface area contributed by atoms with E-state index in [4.69, 9.17) is 11.6 Å². The zero-order chi connectivity index (χ0) is 24.0. The molecule has 3 amide bonds. The molecule has 9 nitrogen and oxygen atoms in total. The molecule has 0 radical (unpaired) electrons. The molecular formula is C23H20ClFN6O3. The van der Waals surface area contributed by atoms with Gasteiger partial charge < -0.3 is 15.5 Å². The summed E-state index contributed by atoms with van der Waals surface area (Å²) in [6, 6.07) is 6.56. The predicted molar refractivity (Wildman–Crippen MR) is 124 cm³/mol. The number of rotatable bonds is 3. The predicted octanol–water partition coefficient (Wildman–Crippen LogP) is 3.88. The molecule has 2 atom stereocenters. The van der Waals surface area contributed by atoms with Crippen molar-refractivity contribution >= 4 is 35.0 Å². The molecule has 4 heterocycles. The highest BCUT2D eigenvalue weighted by Gasteiger charge is 2.44. The van der Waals surface area contributed by atoms with Gasteiger partial charge in [-0.05, 0) is 49.1 Å². The first-order valence-corrected chi connectivity index (χ1v) is 11.1. The fourth-order valence-corrected chi connectivity index (χ4v) is 4.94. The molecular weight excluding hydrogens is 463 g/mol. The number of amides is 3. The van der Waals surface area contributed by atoms with E-state index in [1.165, 1.54) is 31.3 Å². The largest absolute Gasteiger partial charge is 0.322 e. The van der Waals surface area contributed by atoms with E-state index in [0.717, 1.165) is 12.0 Å². The lowest BCUT2D eigenvalue weighted by atomic mass is 9.99. The quantitative estimate of drug-likeness (QED) is 0.523. The second-order valence-electron chi connectivity index (χ2n) is 8.36. The van der Waals surface area contributed by atoms with Crippen molar-refractivity contribution in [1.82, 2.24) is 20.1 Å². The number of nitrogens with zero attached hydrogens (tertiary/aromatic N) is 3. The van der Waals surface area contributed by atoms with E-state index >= 15 is 0 Å². The molecule has 1 saturated heterocycles. The first kappa shape index (κ1) is 22.0. The summed E-state index contributed by atoms with van der Waals surface area (Å²) in [5.74, 6) is -0.530. The van der Waals surface area contributed by atoms with Crippen molar-refractivity contribution in [1.29, 1.82) is 0 Å². The summed E-state index contributed by atoms with van der Waals surface area (Å²) < 4.78 is 15.0. The van der Waals surface area contributed by atoms with Gasteiger partial charge in [0.2, 0.25) is 5.91 Å². The second-order valence-corrected chi connectivity index (χ2v) is 8.76. The number of carbonyl (C=O) groups is 2. The number of aromatic amines is 1. The zero-order valence-electron chi connectivity index (χ0n) is 18.1. The molecule has 1 fully saturated rings. The SMILES string of the molecule is CC(=O)Nc1ccc(-c2cc(F)c(NC(=O)N3[C@H]4CC[C@@H]3c3n[nH]c(=O)cc3C4)cc2Cl)cn1. The van der Waals surface area contributed by atoms with E-state index in [1.807, 2.05) is 0 Å². The highest BCUT2D eigenvalue weighted by atomic mass is 35.5. The minimum Gasteiger partial charge on any atom is -0.313 e. The van der Waals surface area contributed by atoms with Crippen molar-refractivity contribution in [3.05, 3.63) is 69.0 Å². The van der Waals surface area contributed by atoms with Gasteiger partial charge in [-0.3, -0.25) is 9.59 Å². The van der Waals surface area contributed by atoms with Crippen molar-refractivity contribution in [2.45, 2.75) is 38.3 Å². The zero-order valence-corrected chi connectivity index (χ0v) is 18.8. The molecule has 34 heavy (non-hydrogen) atoms. The molecule has 2 bridgehead atoms. The van der Waals surface area contributed by atoms with Crippen LogP contribution < -0.4 is 16.2 Å². The number of H-pyrrole nitrogens is 1. The topological polar surface area (TPSA) is 120 Å². The standard InChI is InChI=1S/C23H20ClFN6O3/c1-11(32)27-20-5-2-12(10-26-20)15-8-17(25)18(9-16(15)24)28-23(34)31-14-3-4-19(31)22-13(6-14)7-21(33)29-30-22/h2,5,7-10,14,19H,3-4,6H2,1H3,(H,28,34)(H,29,33)(H,26,27,32)/t14-,19+/m0/s1. The Balaban J connectivity index is 1.37. The number of urea groups is 1. The Morgan fingerprint density at radius 1 is 1.21 bits per heavy atom. The monoisotopic (exact) mass is 482 g/mol. The van der Waals surface area contributed by atoms with Gasteiger partial charge in [-0.1, -0.05) is 11.6 Å². The summed E-state index contributed by atoms with van der Waals surface area (Å²) in [7, 11) is 0. The van der Waals surface area contributed by atoms with Gasteiger partial charge >= 0.3 is 6.03 Å². The highest BCUT2D eigenvalue weighted by molar-refractivity contribution is 6.33.